The number of hydrogen-bond donors (Lipinski definition) is 0. The maximum absolute atomic E-state index is 11.1. The van der Waals surface area contributed by atoms with Crippen molar-refractivity contribution in [3.05, 3.63) is 11.1 Å². The van der Waals surface area contributed by atoms with E-state index in [0.29, 0.717) is 11.1 Å². The van der Waals surface area contributed by atoms with E-state index in [9.17, 15) is 4.79 Å². The number of likely N-dealkylation sites (tertiary alicyclic amines) is 1. The zero-order valence-electron chi connectivity index (χ0n) is 9.30. The lowest BCUT2D eigenvalue weighted by Crippen LogP contribution is -2.49. The molecule has 0 bridgehead atoms. The summed E-state index contributed by atoms with van der Waals surface area (Å²) in [6.45, 7) is 7.27. The van der Waals surface area contributed by atoms with E-state index in [4.69, 9.17) is 4.74 Å². The first-order valence-corrected chi connectivity index (χ1v) is 6.18. The van der Waals surface area contributed by atoms with E-state index in [1.807, 2.05) is 0 Å². The molecule has 1 heterocycles. The second kappa shape index (κ2) is 5.66. The molecule has 1 aliphatic rings. The van der Waals surface area contributed by atoms with Crippen molar-refractivity contribution in [2.75, 3.05) is 33.3 Å². The van der Waals surface area contributed by atoms with Crippen LogP contribution in [-0.4, -0.2) is 43.7 Å². The van der Waals surface area contributed by atoms with Crippen LogP contribution in [0.5, 0.6) is 0 Å². The molecular weight excluding hydrogens is 258 g/mol. The number of nitrogens with zero attached hydrogens (tertiary/aromatic N) is 1. The van der Waals surface area contributed by atoms with Crippen LogP contribution in [0.2, 0.25) is 0 Å². The van der Waals surface area contributed by atoms with Crippen LogP contribution < -0.4 is 0 Å². The number of rotatable bonds is 4. The van der Waals surface area contributed by atoms with Gasteiger partial charge < -0.3 is 9.22 Å². The summed E-state index contributed by atoms with van der Waals surface area (Å²) in [5, 5.41) is 0. The third-order valence-corrected chi connectivity index (χ3v) is 3.31. The van der Waals surface area contributed by atoms with Crippen LogP contribution in [-0.2, 0) is 9.53 Å². The van der Waals surface area contributed by atoms with Crippen molar-refractivity contribution in [3.63, 3.8) is 0 Å². The highest BCUT2D eigenvalue weighted by Gasteiger charge is 2.24. The predicted octanol–water partition coefficient (Wildman–Crippen LogP) is 2.07. The summed E-state index contributed by atoms with van der Waals surface area (Å²) in [6.07, 6.45) is 3.91. The highest BCUT2D eigenvalue weighted by Crippen LogP contribution is 2.15. The Bertz CT molecular complexity index is 247. The molecule has 0 unspecified atom stereocenters. The SMILES string of the molecule is C=C(Br)C(=O)OCC[N+]1(C)CCCCC1. The first kappa shape index (κ1) is 12.7. The fourth-order valence-electron chi connectivity index (χ4n) is 1.94. The van der Waals surface area contributed by atoms with Gasteiger partial charge in [-0.3, -0.25) is 0 Å². The van der Waals surface area contributed by atoms with Crippen molar-refractivity contribution in [1.82, 2.24) is 0 Å². The van der Waals surface area contributed by atoms with Crippen molar-refractivity contribution in [2.24, 2.45) is 0 Å². The molecule has 86 valence electrons. The lowest BCUT2D eigenvalue weighted by atomic mass is 10.1. The molecule has 1 saturated heterocycles. The van der Waals surface area contributed by atoms with Crippen LogP contribution in [0.15, 0.2) is 11.1 Å². The fraction of sp³-hybridized carbons (Fsp3) is 0.727. The van der Waals surface area contributed by atoms with Gasteiger partial charge in [-0.15, -0.1) is 0 Å². The van der Waals surface area contributed by atoms with E-state index < -0.39 is 0 Å². The average molecular weight is 277 g/mol. The summed E-state index contributed by atoms with van der Waals surface area (Å²) in [4.78, 5) is 11.1. The molecule has 0 aliphatic carbocycles. The highest BCUT2D eigenvalue weighted by atomic mass is 79.9. The molecule has 0 radical (unpaired) electrons. The quantitative estimate of drug-likeness (QED) is 0.447. The lowest BCUT2D eigenvalue weighted by Gasteiger charge is -2.37. The van der Waals surface area contributed by atoms with Crippen LogP contribution in [0, 0.1) is 0 Å². The smallest absolute Gasteiger partial charge is 0.344 e. The topological polar surface area (TPSA) is 26.3 Å². The Hall–Kier alpha value is -0.350. The largest absolute Gasteiger partial charge is 0.456 e. The van der Waals surface area contributed by atoms with Gasteiger partial charge in [-0.05, 0) is 35.2 Å². The Morgan fingerprint density at radius 3 is 2.53 bits per heavy atom. The Morgan fingerprint density at radius 2 is 2.00 bits per heavy atom. The molecule has 0 aromatic carbocycles. The van der Waals surface area contributed by atoms with Gasteiger partial charge in [0.1, 0.15) is 13.2 Å². The number of carbonyl (C=O) groups excluding carboxylic acids is 1. The second-order valence-corrected chi connectivity index (χ2v) is 5.35. The summed E-state index contributed by atoms with van der Waals surface area (Å²) >= 11 is 3.01. The number of carbonyl (C=O) groups is 1. The molecule has 0 aromatic heterocycles. The van der Waals surface area contributed by atoms with E-state index in [1.54, 1.807) is 0 Å². The minimum atomic E-state index is -0.349. The van der Waals surface area contributed by atoms with Crippen LogP contribution in [0.25, 0.3) is 0 Å². The maximum Gasteiger partial charge on any atom is 0.344 e. The fourth-order valence-corrected chi connectivity index (χ4v) is 2.05. The minimum absolute atomic E-state index is 0.295. The van der Waals surface area contributed by atoms with Gasteiger partial charge >= 0.3 is 5.97 Å². The molecule has 1 rings (SSSR count). The standard InChI is InChI=1S/C11H19BrNO2/c1-10(12)11(14)15-9-8-13(2)6-4-3-5-7-13/h1,3-9H2,2H3/q+1. The van der Waals surface area contributed by atoms with Gasteiger partial charge in [0.15, 0.2) is 0 Å². The number of ether oxygens (including phenoxy) is 1. The van der Waals surface area contributed by atoms with Gasteiger partial charge in [-0.1, -0.05) is 6.58 Å². The summed E-state index contributed by atoms with van der Waals surface area (Å²) in [7, 11) is 2.23. The van der Waals surface area contributed by atoms with E-state index in [0.717, 1.165) is 11.0 Å². The normalized spacial score (nSPS) is 19.6. The molecule has 0 aromatic rings. The number of piperidine rings is 1. The molecule has 0 N–H and O–H groups in total. The molecule has 4 heteroatoms. The number of likely N-dealkylation sites (N-methyl/N-ethyl adjacent to an activating group) is 1. The van der Waals surface area contributed by atoms with Crippen molar-refractivity contribution < 1.29 is 14.0 Å². The van der Waals surface area contributed by atoms with Crippen LogP contribution in [0.4, 0.5) is 0 Å². The monoisotopic (exact) mass is 276 g/mol. The van der Waals surface area contributed by atoms with Crippen LogP contribution >= 0.6 is 15.9 Å². The molecule has 1 aliphatic heterocycles. The summed E-state index contributed by atoms with van der Waals surface area (Å²) in [5.41, 5.74) is 0. The minimum Gasteiger partial charge on any atom is -0.456 e. The molecule has 3 nitrogen and oxygen atoms in total. The maximum atomic E-state index is 11.1. The van der Waals surface area contributed by atoms with E-state index in [2.05, 4.69) is 29.6 Å². The molecular formula is C11H19BrNO2+. The predicted molar refractivity (Wildman–Crippen MR) is 63.7 cm³/mol. The van der Waals surface area contributed by atoms with Crippen LogP contribution in [0.1, 0.15) is 19.3 Å². The summed E-state index contributed by atoms with van der Waals surface area (Å²) < 4.78 is 6.40. The van der Waals surface area contributed by atoms with Gasteiger partial charge in [-0.2, -0.15) is 0 Å². The summed E-state index contributed by atoms with van der Waals surface area (Å²) in [5.74, 6) is -0.349. The average Bonchev–Trinajstić information content (AvgIpc) is 2.18. The zero-order valence-corrected chi connectivity index (χ0v) is 10.9. The Balaban J connectivity index is 2.24. The van der Waals surface area contributed by atoms with Gasteiger partial charge in [0.2, 0.25) is 0 Å². The number of hydrogen-bond acceptors (Lipinski definition) is 2. The Labute approximate surface area is 99.8 Å². The molecule has 15 heavy (non-hydrogen) atoms. The highest BCUT2D eigenvalue weighted by molar-refractivity contribution is 9.12. The van der Waals surface area contributed by atoms with Crippen molar-refractivity contribution in [1.29, 1.82) is 0 Å². The van der Waals surface area contributed by atoms with Crippen molar-refractivity contribution in [3.8, 4) is 0 Å². The Morgan fingerprint density at radius 1 is 1.40 bits per heavy atom. The first-order valence-electron chi connectivity index (χ1n) is 5.39. The van der Waals surface area contributed by atoms with E-state index in [-0.39, 0.29) is 5.97 Å². The number of quaternary nitrogens is 1. The van der Waals surface area contributed by atoms with Gasteiger partial charge in [-0.25, -0.2) is 4.79 Å². The third kappa shape index (κ3) is 4.34. The van der Waals surface area contributed by atoms with Gasteiger partial charge in [0, 0.05) is 0 Å². The molecule has 1 fully saturated rings. The van der Waals surface area contributed by atoms with Crippen molar-refractivity contribution in [2.45, 2.75) is 19.3 Å². The van der Waals surface area contributed by atoms with Gasteiger partial charge in [0.25, 0.3) is 0 Å². The van der Waals surface area contributed by atoms with Crippen molar-refractivity contribution >= 4 is 21.9 Å². The number of esters is 1. The Kier molecular flexibility index (Phi) is 4.80. The first-order chi connectivity index (χ1) is 7.03. The third-order valence-electron chi connectivity index (χ3n) is 2.98. The van der Waals surface area contributed by atoms with E-state index >= 15 is 0 Å². The second-order valence-electron chi connectivity index (χ2n) is 4.39. The molecule has 0 amide bonds. The van der Waals surface area contributed by atoms with Crippen LogP contribution in [0.3, 0.4) is 0 Å². The molecule has 0 spiro atoms. The zero-order chi connectivity index (χ0) is 11.3. The van der Waals surface area contributed by atoms with Gasteiger partial charge in [0.05, 0.1) is 24.6 Å². The summed E-state index contributed by atoms with van der Waals surface area (Å²) in [6, 6.07) is 0. The molecule has 0 atom stereocenters. The number of halogens is 1. The van der Waals surface area contributed by atoms with E-state index in [1.165, 1.54) is 32.4 Å². The molecule has 0 saturated carbocycles. The lowest BCUT2D eigenvalue weighted by molar-refractivity contribution is -0.914.